The van der Waals surface area contributed by atoms with Gasteiger partial charge in [-0.25, -0.2) is 14.4 Å². The highest BCUT2D eigenvalue weighted by molar-refractivity contribution is 6.09. The lowest BCUT2D eigenvalue weighted by molar-refractivity contribution is -0.121. The minimum atomic E-state index is -0.650. The van der Waals surface area contributed by atoms with Crippen molar-refractivity contribution in [3.8, 4) is 11.5 Å². The largest absolute Gasteiger partial charge is 0.497 e. The van der Waals surface area contributed by atoms with E-state index in [0.717, 1.165) is 0 Å². The molecule has 0 aliphatic rings. The molecule has 0 atom stereocenters. The number of halogens is 1. The number of aliphatic hydroxyl groups excluding tert-OH is 1. The number of carbonyl (C=O) groups is 1. The van der Waals surface area contributed by atoms with E-state index in [0.29, 0.717) is 34.0 Å². The monoisotopic (exact) mass is 497 g/mol. The quantitative estimate of drug-likeness (QED) is 0.337. The molecule has 1 aromatic carbocycles. The average molecular weight is 498 g/mol. The number of nitrogens with two attached hydrogens (primary N) is 1. The van der Waals surface area contributed by atoms with Gasteiger partial charge in [-0.3, -0.25) is 14.8 Å². The number of methoxy groups -OCH3 is 2. The Hall–Kier alpha value is -4.32. The highest BCUT2D eigenvalue weighted by Gasteiger charge is 2.22. The molecule has 11 nitrogen and oxygen atoms in total. The van der Waals surface area contributed by atoms with E-state index in [4.69, 9.17) is 20.3 Å². The zero-order chi connectivity index (χ0) is 26.1. The van der Waals surface area contributed by atoms with E-state index in [2.05, 4.69) is 25.3 Å². The second-order valence-corrected chi connectivity index (χ2v) is 7.41. The summed E-state index contributed by atoms with van der Waals surface area (Å²) in [6, 6.07) is 6.26. The number of anilines is 2. The predicted octanol–water partition coefficient (Wildman–Crippen LogP) is 1.82. The van der Waals surface area contributed by atoms with Crippen LogP contribution in [0.5, 0.6) is 11.5 Å². The van der Waals surface area contributed by atoms with Crippen LogP contribution in [-0.2, 0) is 4.79 Å². The third-order valence-electron chi connectivity index (χ3n) is 5.15. The van der Waals surface area contributed by atoms with Crippen molar-refractivity contribution >= 4 is 40.4 Å². The number of aromatic nitrogens is 3. The SMILES string of the molecule is CN=C/C(=C\N)c1cnc2ccc(N(CCC(=O)NCCO)c3cc(OC)cc(OC)c3F)nc2n1. The molecular formula is C24H28FN7O4. The Morgan fingerprint density at radius 1 is 1.28 bits per heavy atom. The van der Waals surface area contributed by atoms with Crippen LogP contribution in [0.15, 0.2) is 41.7 Å². The van der Waals surface area contributed by atoms with Gasteiger partial charge in [-0.2, -0.15) is 0 Å². The summed E-state index contributed by atoms with van der Waals surface area (Å²) in [5, 5.41) is 11.6. The van der Waals surface area contributed by atoms with Gasteiger partial charge in [-0.1, -0.05) is 0 Å². The number of allylic oxidation sites excluding steroid dienone is 1. The molecule has 12 heteroatoms. The van der Waals surface area contributed by atoms with E-state index in [1.165, 1.54) is 37.5 Å². The lowest BCUT2D eigenvalue weighted by atomic mass is 10.2. The number of carbonyl (C=O) groups excluding carboxylic acids is 1. The number of hydrogen-bond acceptors (Lipinski definition) is 10. The second kappa shape index (κ2) is 12.4. The molecule has 2 heterocycles. The Labute approximate surface area is 207 Å². The van der Waals surface area contributed by atoms with Crippen molar-refractivity contribution in [2.45, 2.75) is 6.42 Å². The summed E-state index contributed by atoms with van der Waals surface area (Å²) in [5.74, 6) is -0.316. The molecule has 0 fully saturated rings. The molecule has 2 aromatic heterocycles. The number of rotatable bonds is 11. The molecule has 3 aromatic rings. The lowest BCUT2D eigenvalue weighted by Gasteiger charge is -2.25. The van der Waals surface area contributed by atoms with Gasteiger partial charge in [0.2, 0.25) is 5.91 Å². The van der Waals surface area contributed by atoms with Crippen molar-refractivity contribution in [2.24, 2.45) is 10.7 Å². The van der Waals surface area contributed by atoms with Crippen molar-refractivity contribution in [1.29, 1.82) is 0 Å². The van der Waals surface area contributed by atoms with Crippen molar-refractivity contribution in [2.75, 3.05) is 45.9 Å². The van der Waals surface area contributed by atoms with Gasteiger partial charge in [0.05, 0.1) is 38.4 Å². The Morgan fingerprint density at radius 3 is 2.75 bits per heavy atom. The summed E-state index contributed by atoms with van der Waals surface area (Å²) in [7, 11) is 4.42. The summed E-state index contributed by atoms with van der Waals surface area (Å²) < 4.78 is 25.9. The van der Waals surface area contributed by atoms with Crippen molar-refractivity contribution in [3.63, 3.8) is 0 Å². The molecule has 3 rings (SSSR count). The van der Waals surface area contributed by atoms with E-state index in [1.54, 1.807) is 31.6 Å². The normalized spacial score (nSPS) is 11.6. The van der Waals surface area contributed by atoms with Crippen LogP contribution in [0.25, 0.3) is 16.7 Å². The summed E-state index contributed by atoms with van der Waals surface area (Å²) in [5.41, 5.74) is 7.61. The maximum Gasteiger partial charge on any atom is 0.221 e. The molecule has 1 amide bonds. The molecule has 36 heavy (non-hydrogen) atoms. The number of benzene rings is 1. The van der Waals surface area contributed by atoms with Gasteiger partial charge >= 0.3 is 0 Å². The van der Waals surface area contributed by atoms with E-state index >= 15 is 4.39 Å². The lowest BCUT2D eigenvalue weighted by Crippen LogP contribution is -2.31. The molecule has 0 saturated carbocycles. The fraction of sp³-hybridized carbons (Fsp3) is 0.292. The number of aliphatic imine (C=N–C) groups is 1. The third-order valence-corrected chi connectivity index (χ3v) is 5.15. The van der Waals surface area contributed by atoms with Gasteiger partial charge in [0.15, 0.2) is 17.2 Å². The molecule has 0 radical (unpaired) electrons. The number of pyridine rings is 1. The molecule has 190 valence electrons. The first-order valence-electron chi connectivity index (χ1n) is 11.0. The van der Waals surface area contributed by atoms with Crippen molar-refractivity contribution in [1.82, 2.24) is 20.3 Å². The number of hydrogen-bond donors (Lipinski definition) is 3. The van der Waals surface area contributed by atoms with Gasteiger partial charge in [-0.05, 0) is 12.1 Å². The highest BCUT2D eigenvalue weighted by Crippen LogP contribution is 2.36. The van der Waals surface area contributed by atoms with Crippen LogP contribution in [0.1, 0.15) is 12.1 Å². The number of nitrogens with one attached hydrogen (secondary N) is 1. The molecule has 0 saturated heterocycles. The maximum absolute atomic E-state index is 15.4. The molecule has 0 unspecified atom stereocenters. The Balaban J connectivity index is 2.11. The van der Waals surface area contributed by atoms with E-state index in [-0.39, 0.29) is 43.5 Å². The predicted molar refractivity (Wildman–Crippen MR) is 135 cm³/mol. The summed E-state index contributed by atoms with van der Waals surface area (Å²) in [6.45, 7) is -0.0101. The fourth-order valence-corrected chi connectivity index (χ4v) is 3.39. The first kappa shape index (κ1) is 26.3. The fourth-order valence-electron chi connectivity index (χ4n) is 3.39. The van der Waals surface area contributed by atoms with Crippen LogP contribution < -0.4 is 25.4 Å². The molecule has 0 aliphatic carbocycles. The number of amides is 1. The Kier molecular flexibility index (Phi) is 9.06. The van der Waals surface area contributed by atoms with Crippen molar-refractivity contribution < 1.29 is 23.8 Å². The van der Waals surface area contributed by atoms with Crippen LogP contribution >= 0.6 is 0 Å². The molecule has 0 aliphatic heterocycles. The Bertz CT molecular complexity index is 1280. The van der Waals surface area contributed by atoms with E-state index in [1.807, 2.05) is 0 Å². The van der Waals surface area contributed by atoms with Gasteiger partial charge in [0, 0.05) is 56.7 Å². The molecule has 0 spiro atoms. The number of aliphatic hydroxyl groups is 1. The summed E-state index contributed by atoms with van der Waals surface area (Å²) >= 11 is 0. The van der Waals surface area contributed by atoms with Crippen LogP contribution in [0.4, 0.5) is 15.9 Å². The number of fused-ring (bicyclic) bond motifs is 1. The topological polar surface area (TPSA) is 148 Å². The summed E-state index contributed by atoms with van der Waals surface area (Å²) in [4.78, 5) is 31.3. The molecular weight excluding hydrogens is 469 g/mol. The van der Waals surface area contributed by atoms with E-state index < -0.39 is 5.82 Å². The second-order valence-electron chi connectivity index (χ2n) is 7.41. The van der Waals surface area contributed by atoms with Crippen LogP contribution in [0.2, 0.25) is 0 Å². The smallest absolute Gasteiger partial charge is 0.221 e. The van der Waals surface area contributed by atoms with Gasteiger partial charge < -0.3 is 30.5 Å². The molecule has 0 bridgehead atoms. The number of nitrogens with zero attached hydrogens (tertiary/aromatic N) is 5. The minimum absolute atomic E-state index is 0.00256. The first-order chi connectivity index (χ1) is 17.4. The van der Waals surface area contributed by atoms with Gasteiger partial charge in [-0.15, -0.1) is 0 Å². The average Bonchev–Trinajstić information content (AvgIpc) is 2.90. The maximum atomic E-state index is 15.4. The minimum Gasteiger partial charge on any atom is -0.497 e. The third kappa shape index (κ3) is 6.02. The zero-order valence-electron chi connectivity index (χ0n) is 20.2. The van der Waals surface area contributed by atoms with Crippen LogP contribution in [0.3, 0.4) is 0 Å². The van der Waals surface area contributed by atoms with Crippen LogP contribution in [-0.4, -0.2) is 73.1 Å². The number of ether oxygens (including phenoxy) is 2. The van der Waals surface area contributed by atoms with Gasteiger partial charge in [0.25, 0.3) is 0 Å². The van der Waals surface area contributed by atoms with Crippen molar-refractivity contribution in [3.05, 3.63) is 48.2 Å². The molecule has 4 N–H and O–H groups in total. The Morgan fingerprint density at radius 2 is 2.08 bits per heavy atom. The first-order valence-corrected chi connectivity index (χ1v) is 11.0. The van der Waals surface area contributed by atoms with E-state index in [9.17, 15) is 4.79 Å². The highest BCUT2D eigenvalue weighted by atomic mass is 19.1. The standard InChI is InChI=1S/C24H28FN7O4/c1-27-13-15(12-26)18-14-29-17-4-5-21(31-24(17)30-18)32(8-6-22(34)28-7-9-33)19-10-16(35-2)11-20(36-3)23(19)25/h4-5,10-14,33H,6-9,26H2,1-3H3,(H,28,34)/b15-12+,27-13?. The van der Waals surface area contributed by atoms with Gasteiger partial charge in [0.1, 0.15) is 17.1 Å². The summed E-state index contributed by atoms with van der Waals surface area (Å²) in [6.07, 6.45) is 4.47. The zero-order valence-corrected chi connectivity index (χ0v) is 20.2. The van der Waals surface area contributed by atoms with Crippen LogP contribution in [0, 0.1) is 5.82 Å².